The number of rotatable bonds is 8. The molecule has 0 radical (unpaired) electrons. The van der Waals surface area contributed by atoms with Crippen molar-refractivity contribution in [2.45, 2.75) is 45.1 Å². The van der Waals surface area contributed by atoms with Gasteiger partial charge in [-0.2, -0.15) is 0 Å². The van der Waals surface area contributed by atoms with Crippen LogP contribution in [-0.2, 0) is 25.3 Å². The summed E-state index contributed by atoms with van der Waals surface area (Å²) >= 11 is 0. The Morgan fingerprint density at radius 3 is 2.22 bits per heavy atom. The van der Waals surface area contributed by atoms with Gasteiger partial charge in [0, 0.05) is 32.8 Å². The third-order valence-corrected chi connectivity index (χ3v) is 5.21. The molecular weight excluding hydrogens is 364 g/mol. The lowest BCUT2D eigenvalue weighted by Gasteiger charge is -2.30. The Balaban J connectivity index is 3.03. The van der Waals surface area contributed by atoms with Crippen LogP contribution in [0.3, 0.4) is 0 Å². The third-order valence-electron chi connectivity index (χ3n) is 4.01. The largest absolute Gasteiger partial charge is 0.465 e. The van der Waals surface area contributed by atoms with Crippen LogP contribution >= 0.6 is 0 Å². The highest BCUT2D eigenvalue weighted by molar-refractivity contribution is 7.83. The Morgan fingerprint density at radius 2 is 1.78 bits per heavy atom. The number of nitrogens with zero attached hydrogens (tertiary/aromatic N) is 1. The predicted octanol–water partition coefficient (Wildman–Crippen LogP) is 2.60. The molecule has 0 aromatic heterocycles. The number of carbonyl (C=O) groups excluding carboxylic acids is 2. The van der Waals surface area contributed by atoms with Crippen molar-refractivity contribution in [2.75, 3.05) is 21.2 Å². The maximum Gasteiger partial charge on any atom is 0.342 e. The molecule has 0 saturated carbocycles. The van der Waals surface area contributed by atoms with Crippen LogP contribution in [-0.4, -0.2) is 48.1 Å². The lowest BCUT2D eigenvalue weighted by atomic mass is 9.83. The molecule has 1 rings (SSSR count). The summed E-state index contributed by atoms with van der Waals surface area (Å²) < 4.78 is 20.5. The van der Waals surface area contributed by atoms with E-state index in [-0.39, 0.29) is 23.2 Å². The van der Waals surface area contributed by atoms with Gasteiger partial charge in [0.15, 0.2) is 5.78 Å². The number of hydrogen-bond donors (Lipinski definition) is 1. The number of aryl methyl sites for hydroxylation is 1. The molecule has 0 saturated heterocycles. The fraction of sp³-hybridized carbons (Fsp3) is 0.500. The molecule has 1 N–H and O–H groups in total. The number of carbonyl (C=O) groups is 2. The molecule has 6 nitrogen and oxygen atoms in total. The summed E-state index contributed by atoms with van der Waals surface area (Å²) in [5.41, 5.74) is 0.699. The summed E-state index contributed by atoms with van der Waals surface area (Å²) in [5.74, 6) is -1.04. The SMILES string of the molecule is COC(=O)/C(=C/N(C)C)C(=O)C[C@@H](N[S@@](=O)c1ccc(C)cc1)C(C)(C)C. The first-order valence-corrected chi connectivity index (χ1v) is 9.85. The van der Waals surface area contributed by atoms with E-state index in [2.05, 4.69) is 4.72 Å². The second kappa shape index (κ2) is 9.80. The standard InChI is InChI=1S/C20H30N2O4S/c1-14-8-10-15(11-9-14)27(25)21-18(20(2,3)4)12-17(23)16(13-22(5)6)19(24)26-7/h8-11,13,18,21H,12H2,1-7H3/b16-13+/t18-,27+/m1/s1. The zero-order valence-electron chi connectivity index (χ0n) is 17.2. The second-order valence-corrected chi connectivity index (χ2v) is 8.99. The highest BCUT2D eigenvalue weighted by Crippen LogP contribution is 2.25. The van der Waals surface area contributed by atoms with Crippen LogP contribution < -0.4 is 4.72 Å². The lowest BCUT2D eigenvalue weighted by molar-refractivity contribution is -0.138. The van der Waals surface area contributed by atoms with E-state index < -0.39 is 23.0 Å². The maximum atomic E-state index is 12.8. The molecule has 150 valence electrons. The average Bonchev–Trinajstić information content (AvgIpc) is 2.57. The molecule has 1 aromatic carbocycles. The van der Waals surface area contributed by atoms with E-state index in [4.69, 9.17) is 4.74 Å². The monoisotopic (exact) mass is 394 g/mol. The average molecular weight is 395 g/mol. The number of ether oxygens (including phenoxy) is 1. The van der Waals surface area contributed by atoms with E-state index in [9.17, 15) is 13.8 Å². The van der Waals surface area contributed by atoms with Gasteiger partial charge in [-0.15, -0.1) is 0 Å². The molecule has 2 atom stereocenters. The number of hydrogen-bond acceptors (Lipinski definition) is 5. The van der Waals surface area contributed by atoms with Crippen molar-refractivity contribution < 1.29 is 18.5 Å². The van der Waals surface area contributed by atoms with Crippen LogP contribution in [0.25, 0.3) is 0 Å². The van der Waals surface area contributed by atoms with Gasteiger partial charge in [-0.25, -0.2) is 13.7 Å². The quantitative estimate of drug-likeness (QED) is 0.317. The van der Waals surface area contributed by atoms with Gasteiger partial charge in [0.25, 0.3) is 0 Å². The first kappa shape index (κ1) is 23.0. The molecule has 0 unspecified atom stereocenters. The van der Waals surface area contributed by atoms with Crippen LogP contribution in [0, 0.1) is 12.3 Å². The van der Waals surface area contributed by atoms with E-state index in [1.54, 1.807) is 31.1 Å². The van der Waals surface area contributed by atoms with Crippen molar-refractivity contribution in [3.8, 4) is 0 Å². The molecule has 0 fully saturated rings. The van der Waals surface area contributed by atoms with Crippen molar-refractivity contribution >= 4 is 22.7 Å². The number of esters is 1. The fourth-order valence-electron chi connectivity index (χ4n) is 2.29. The first-order chi connectivity index (χ1) is 12.5. The second-order valence-electron chi connectivity index (χ2n) is 7.74. The van der Waals surface area contributed by atoms with E-state index in [1.165, 1.54) is 13.3 Å². The molecule has 0 heterocycles. The minimum atomic E-state index is -1.47. The van der Waals surface area contributed by atoms with Gasteiger partial charge >= 0.3 is 5.97 Å². The Hall–Kier alpha value is -1.99. The minimum Gasteiger partial charge on any atom is -0.465 e. The third kappa shape index (κ3) is 7.27. The summed E-state index contributed by atoms with van der Waals surface area (Å²) in [6.07, 6.45) is 1.47. The molecule has 0 amide bonds. The molecule has 0 aliphatic heterocycles. The zero-order chi connectivity index (χ0) is 20.8. The Morgan fingerprint density at radius 1 is 1.22 bits per heavy atom. The Kier molecular flexibility index (Phi) is 8.37. The van der Waals surface area contributed by atoms with Gasteiger partial charge in [0.05, 0.1) is 12.0 Å². The maximum absolute atomic E-state index is 12.8. The molecule has 7 heteroatoms. The molecule has 0 spiro atoms. The van der Waals surface area contributed by atoms with Gasteiger partial charge in [-0.1, -0.05) is 38.5 Å². The lowest BCUT2D eigenvalue weighted by Crippen LogP contribution is -2.43. The summed E-state index contributed by atoms with van der Waals surface area (Å²) in [4.78, 5) is 27.0. The van der Waals surface area contributed by atoms with Crippen LogP contribution in [0.5, 0.6) is 0 Å². The van der Waals surface area contributed by atoms with Crippen LogP contribution in [0.15, 0.2) is 40.9 Å². The molecule has 0 aliphatic carbocycles. The van der Waals surface area contributed by atoms with Crippen molar-refractivity contribution in [2.24, 2.45) is 5.41 Å². The predicted molar refractivity (Wildman–Crippen MR) is 107 cm³/mol. The van der Waals surface area contributed by atoms with Gasteiger partial charge in [-0.3, -0.25) is 4.79 Å². The van der Waals surface area contributed by atoms with Crippen molar-refractivity contribution in [3.05, 3.63) is 41.6 Å². The van der Waals surface area contributed by atoms with Gasteiger partial charge in [0.2, 0.25) is 0 Å². The summed E-state index contributed by atoms with van der Waals surface area (Å²) in [5, 5.41) is 0. The normalized spacial score (nSPS) is 14.4. The molecule has 0 bridgehead atoms. The number of Topliss-reactive ketones (excluding diaryl/α,β-unsaturated/α-hetero) is 1. The number of benzene rings is 1. The summed E-state index contributed by atoms with van der Waals surface area (Å²) in [6.45, 7) is 7.83. The smallest absolute Gasteiger partial charge is 0.342 e. The fourth-order valence-corrected chi connectivity index (χ4v) is 3.50. The van der Waals surface area contributed by atoms with E-state index >= 15 is 0 Å². The van der Waals surface area contributed by atoms with Crippen LogP contribution in [0.4, 0.5) is 0 Å². The van der Waals surface area contributed by atoms with Crippen LogP contribution in [0.1, 0.15) is 32.8 Å². The molecule has 27 heavy (non-hydrogen) atoms. The van der Waals surface area contributed by atoms with Gasteiger partial charge in [-0.05, 0) is 24.5 Å². The summed E-state index contributed by atoms with van der Waals surface area (Å²) in [6, 6.07) is 6.97. The van der Waals surface area contributed by atoms with Gasteiger partial charge < -0.3 is 9.64 Å². The van der Waals surface area contributed by atoms with Crippen molar-refractivity contribution in [3.63, 3.8) is 0 Å². The Labute approximate surface area is 164 Å². The number of ketones is 1. The van der Waals surface area contributed by atoms with E-state index in [0.717, 1.165) is 5.56 Å². The molecule has 0 aliphatic rings. The topological polar surface area (TPSA) is 75.7 Å². The molecule has 1 aromatic rings. The first-order valence-electron chi connectivity index (χ1n) is 8.70. The van der Waals surface area contributed by atoms with E-state index in [1.807, 2.05) is 39.8 Å². The zero-order valence-corrected chi connectivity index (χ0v) is 18.0. The summed E-state index contributed by atoms with van der Waals surface area (Å²) in [7, 11) is 3.22. The Bertz CT molecular complexity index is 718. The highest BCUT2D eigenvalue weighted by Gasteiger charge is 2.31. The highest BCUT2D eigenvalue weighted by atomic mass is 32.2. The van der Waals surface area contributed by atoms with Gasteiger partial charge in [0.1, 0.15) is 16.6 Å². The number of nitrogens with one attached hydrogen (secondary N) is 1. The van der Waals surface area contributed by atoms with Crippen molar-refractivity contribution in [1.82, 2.24) is 9.62 Å². The van der Waals surface area contributed by atoms with E-state index in [0.29, 0.717) is 4.90 Å². The number of methoxy groups -OCH3 is 1. The van der Waals surface area contributed by atoms with Crippen molar-refractivity contribution in [1.29, 1.82) is 0 Å². The minimum absolute atomic E-state index is 0.0237. The van der Waals surface area contributed by atoms with Crippen LogP contribution in [0.2, 0.25) is 0 Å². The molecular formula is C20H30N2O4S.